The molecule has 4 heteroatoms. The third-order valence-electron chi connectivity index (χ3n) is 3.94. The highest BCUT2D eigenvalue weighted by Crippen LogP contribution is 2.33. The van der Waals surface area contributed by atoms with Crippen LogP contribution < -0.4 is 10.2 Å². The standard InChI is InChI=1S/C17H20N2OS/c1-11(2)15-9-19(16-7-5-4-6-14(16)18-15)17(20)13-8-12(3)21-10-13/h4-8,10-11,15,18H,9H2,1-3H3. The lowest BCUT2D eigenvalue weighted by Crippen LogP contribution is -2.46. The number of para-hydroxylation sites is 2. The summed E-state index contributed by atoms with van der Waals surface area (Å²) in [5.41, 5.74) is 2.81. The highest BCUT2D eigenvalue weighted by molar-refractivity contribution is 7.10. The molecule has 1 amide bonds. The van der Waals surface area contributed by atoms with E-state index in [0.29, 0.717) is 12.5 Å². The molecule has 0 bridgehead atoms. The Morgan fingerprint density at radius 3 is 2.81 bits per heavy atom. The van der Waals surface area contributed by atoms with Crippen molar-refractivity contribution in [3.63, 3.8) is 0 Å². The van der Waals surface area contributed by atoms with Crippen molar-refractivity contribution in [3.05, 3.63) is 46.2 Å². The Balaban J connectivity index is 1.98. The number of nitrogens with one attached hydrogen (secondary N) is 1. The molecule has 0 fully saturated rings. The van der Waals surface area contributed by atoms with Gasteiger partial charge in [-0.2, -0.15) is 0 Å². The van der Waals surface area contributed by atoms with Crippen LogP contribution in [0.25, 0.3) is 0 Å². The molecule has 0 saturated heterocycles. The lowest BCUT2D eigenvalue weighted by Gasteiger charge is -2.37. The number of anilines is 2. The zero-order chi connectivity index (χ0) is 15.0. The fraction of sp³-hybridized carbons (Fsp3) is 0.353. The zero-order valence-electron chi connectivity index (χ0n) is 12.6. The van der Waals surface area contributed by atoms with Gasteiger partial charge in [0.2, 0.25) is 0 Å². The van der Waals surface area contributed by atoms with Crippen LogP contribution in [0.1, 0.15) is 29.1 Å². The number of benzene rings is 1. The second kappa shape index (κ2) is 5.53. The summed E-state index contributed by atoms with van der Waals surface area (Å²) in [5, 5.41) is 5.50. The van der Waals surface area contributed by atoms with E-state index in [1.54, 1.807) is 11.3 Å². The van der Waals surface area contributed by atoms with Gasteiger partial charge in [-0.3, -0.25) is 4.79 Å². The van der Waals surface area contributed by atoms with Gasteiger partial charge in [-0.1, -0.05) is 26.0 Å². The molecule has 1 N–H and O–H groups in total. The van der Waals surface area contributed by atoms with Crippen molar-refractivity contribution >= 4 is 28.6 Å². The summed E-state index contributed by atoms with van der Waals surface area (Å²) in [7, 11) is 0. The van der Waals surface area contributed by atoms with E-state index in [9.17, 15) is 4.79 Å². The Labute approximate surface area is 129 Å². The Morgan fingerprint density at radius 2 is 2.14 bits per heavy atom. The Kier molecular flexibility index (Phi) is 3.72. The molecule has 2 aromatic rings. The molecule has 1 aromatic carbocycles. The van der Waals surface area contributed by atoms with Crippen LogP contribution in [0.5, 0.6) is 0 Å². The number of hydrogen-bond donors (Lipinski definition) is 1. The van der Waals surface area contributed by atoms with Crippen LogP contribution in [0.4, 0.5) is 11.4 Å². The van der Waals surface area contributed by atoms with E-state index in [1.807, 2.05) is 47.5 Å². The predicted molar refractivity (Wildman–Crippen MR) is 89.4 cm³/mol. The van der Waals surface area contributed by atoms with Gasteiger partial charge >= 0.3 is 0 Å². The summed E-state index contributed by atoms with van der Waals surface area (Å²) in [6.45, 7) is 7.11. The average Bonchev–Trinajstić information content (AvgIpc) is 2.92. The molecule has 1 atom stereocenters. The maximum absolute atomic E-state index is 12.8. The Hall–Kier alpha value is -1.81. The monoisotopic (exact) mass is 300 g/mol. The van der Waals surface area contributed by atoms with Gasteiger partial charge in [-0.25, -0.2) is 0 Å². The molecule has 0 spiro atoms. The molecule has 0 saturated carbocycles. The zero-order valence-corrected chi connectivity index (χ0v) is 13.4. The summed E-state index contributed by atoms with van der Waals surface area (Å²) < 4.78 is 0. The van der Waals surface area contributed by atoms with E-state index in [2.05, 4.69) is 19.2 Å². The van der Waals surface area contributed by atoms with Gasteiger partial charge in [0, 0.05) is 22.8 Å². The quantitative estimate of drug-likeness (QED) is 0.903. The summed E-state index contributed by atoms with van der Waals surface area (Å²) in [6, 6.07) is 10.3. The molecule has 3 rings (SSSR count). The highest BCUT2D eigenvalue weighted by atomic mass is 32.1. The van der Waals surface area contributed by atoms with Crippen LogP contribution in [-0.2, 0) is 0 Å². The summed E-state index contributed by atoms with van der Waals surface area (Å²) in [5.74, 6) is 0.566. The molecular weight excluding hydrogens is 280 g/mol. The average molecular weight is 300 g/mol. The SMILES string of the molecule is Cc1cc(C(=O)N2CC(C(C)C)Nc3ccccc32)cs1. The van der Waals surface area contributed by atoms with Crippen molar-refractivity contribution in [1.82, 2.24) is 0 Å². The Bertz CT molecular complexity index is 662. The van der Waals surface area contributed by atoms with E-state index in [0.717, 1.165) is 16.9 Å². The van der Waals surface area contributed by atoms with Crippen LogP contribution in [0.15, 0.2) is 35.7 Å². The van der Waals surface area contributed by atoms with Crippen molar-refractivity contribution < 1.29 is 4.79 Å². The number of amides is 1. The molecule has 110 valence electrons. The van der Waals surface area contributed by atoms with Gasteiger partial charge < -0.3 is 10.2 Å². The molecular formula is C17H20N2OS. The van der Waals surface area contributed by atoms with Gasteiger partial charge in [-0.15, -0.1) is 11.3 Å². The molecule has 1 aliphatic heterocycles. The number of rotatable bonds is 2. The molecule has 1 unspecified atom stereocenters. The minimum Gasteiger partial charge on any atom is -0.379 e. The second-order valence-corrected chi connectivity index (χ2v) is 6.99. The van der Waals surface area contributed by atoms with E-state index < -0.39 is 0 Å². The summed E-state index contributed by atoms with van der Waals surface area (Å²) in [4.78, 5) is 15.9. The largest absolute Gasteiger partial charge is 0.379 e. The van der Waals surface area contributed by atoms with Gasteiger partial charge in [-0.05, 0) is 31.0 Å². The molecule has 1 aliphatic rings. The summed E-state index contributed by atoms with van der Waals surface area (Å²) in [6.07, 6.45) is 0. The fourth-order valence-electron chi connectivity index (χ4n) is 2.65. The third kappa shape index (κ3) is 2.68. The Morgan fingerprint density at radius 1 is 1.38 bits per heavy atom. The van der Waals surface area contributed by atoms with E-state index in [4.69, 9.17) is 0 Å². The van der Waals surface area contributed by atoms with Gasteiger partial charge in [0.05, 0.1) is 16.9 Å². The first-order valence-corrected chi connectivity index (χ1v) is 8.17. The van der Waals surface area contributed by atoms with Crippen LogP contribution >= 0.6 is 11.3 Å². The van der Waals surface area contributed by atoms with Crippen LogP contribution in [0.3, 0.4) is 0 Å². The summed E-state index contributed by atoms with van der Waals surface area (Å²) >= 11 is 1.62. The van der Waals surface area contributed by atoms with Crippen molar-refractivity contribution in [1.29, 1.82) is 0 Å². The van der Waals surface area contributed by atoms with Gasteiger partial charge in [0.1, 0.15) is 0 Å². The normalized spacial score (nSPS) is 17.5. The van der Waals surface area contributed by atoms with Crippen LogP contribution in [-0.4, -0.2) is 18.5 Å². The van der Waals surface area contributed by atoms with Gasteiger partial charge in [0.15, 0.2) is 0 Å². The van der Waals surface area contributed by atoms with E-state index in [-0.39, 0.29) is 11.9 Å². The maximum Gasteiger partial charge on any atom is 0.259 e. The lowest BCUT2D eigenvalue weighted by molar-refractivity contribution is 0.0984. The van der Waals surface area contributed by atoms with Crippen molar-refractivity contribution in [2.75, 3.05) is 16.8 Å². The van der Waals surface area contributed by atoms with Crippen molar-refractivity contribution in [2.24, 2.45) is 5.92 Å². The fourth-order valence-corrected chi connectivity index (χ4v) is 3.33. The molecule has 0 aliphatic carbocycles. The van der Waals surface area contributed by atoms with Crippen molar-refractivity contribution in [2.45, 2.75) is 26.8 Å². The van der Waals surface area contributed by atoms with Crippen molar-refractivity contribution in [3.8, 4) is 0 Å². The number of fused-ring (bicyclic) bond motifs is 1. The van der Waals surface area contributed by atoms with E-state index in [1.165, 1.54) is 4.88 Å². The minimum absolute atomic E-state index is 0.0962. The van der Waals surface area contributed by atoms with Crippen LogP contribution in [0, 0.1) is 12.8 Å². The smallest absolute Gasteiger partial charge is 0.259 e. The number of carbonyl (C=O) groups is 1. The molecule has 0 radical (unpaired) electrons. The first-order valence-electron chi connectivity index (χ1n) is 7.29. The van der Waals surface area contributed by atoms with Crippen LogP contribution in [0.2, 0.25) is 0 Å². The van der Waals surface area contributed by atoms with E-state index >= 15 is 0 Å². The maximum atomic E-state index is 12.8. The first-order chi connectivity index (χ1) is 10.1. The number of hydrogen-bond acceptors (Lipinski definition) is 3. The molecule has 2 heterocycles. The predicted octanol–water partition coefficient (Wildman–Crippen LogP) is 4.15. The third-order valence-corrected chi connectivity index (χ3v) is 4.80. The minimum atomic E-state index is 0.0962. The van der Waals surface area contributed by atoms with Gasteiger partial charge in [0.25, 0.3) is 5.91 Å². The first kappa shape index (κ1) is 14.1. The number of nitrogens with zero attached hydrogens (tertiary/aromatic N) is 1. The highest BCUT2D eigenvalue weighted by Gasteiger charge is 2.30. The second-order valence-electron chi connectivity index (χ2n) is 5.87. The lowest BCUT2D eigenvalue weighted by atomic mass is 9.99. The topological polar surface area (TPSA) is 32.3 Å². The molecule has 3 nitrogen and oxygen atoms in total. The molecule has 21 heavy (non-hydrogen) atoms. The molecule has 1 aromatic heterocycles. The number of carbonyl (C=O) groups excluding carboxylic acids is 1. The number of aryl methyl sites for hydroxylation is 1. The number of thiophene rings is 1.